The number of pyridine rings is 1. The molecule has 0 spiro atoms. The zero-order valence-corrected chi connectivity index (χ0v) is 23.7. The average Bonchev–Trinajstić information content (AvgIpc) is 3.62. The summed E-state index contributed by atoms with van der Waals surface area (Å²) in [6, 6.07) is 19.0. The Bertz CT molecular complexity index is 1990. The first-order chi connectivity index (χ1) is 19.9. The molecule has 41 heavy (non-hydrogen) atoms. The van der Waals surface area contributed by atoms with E-state index in [1.54, 1.807) is 42.9 Å². The van der Waals surface area contributed by atoms with Crippen molar-refractivity contribution in [3.8, 4) is 22.4 Å². The quantitative estimate of drug-likeness (QED) is 0.300. The first-order valence-electron chi connectivity index (χ1n) is 13.5. The van der Waals surface area contributed by atoms with Crippen molar-refractivity contribution < 1.29 is 8.42 Å². The minimum absolute atomic E-state index is 0.196. The molecule has 1 aliphatic rings. The molecule has 9 nitrogen and oxygen atoms in total. The third kappa shape index (κ3) is 4.55. The average molecular weight is 564 g/mol. The van der Waals surface area contributed by atoms with Crippen LogP contribution in [0.4, 0.5) is 5.69 Å². The summed E-state index contributed by atoms with van der Waals surface area (Å²) in [6.07, 6.45) is 8.79. The van der Waals surface area contributed by atoms with Crippen LogP contribution in [0.5, 0.6) is 0 Å². The molecule has 0 bridgehead atoms. The second-order valence-corrected chi connectivity index (χ2v) is 12.3. The lowest BCUT2D eigenvalue weighted by atomic mass is 10.1. The number of benzene rings is 2. The van der Waals surface area contributed by atoms with E-state index in [0.29, 0.717) is 16.8 Å². The van der Waals surface area contributed by atoms with Gasteiger partial charge in [0.1, 0.15) is 11.2 Å². The summed E-state index contributed by atoms with van der Waals surface area (Å²) in [5.41, 5.74) is 6.85. The Morgan fingerprint density at radius 1 is 0.805 bits per heavy atom. The highest BCUT2D eigenvalue weighted by molar-refractivity contribution is 7.90. The number of hydrogen-bond acceptors (Lipinski definition) is 7. The van der Waals surface area contributed by atoms with E-state index in [1.165, 1.54) is 9.66 Å². The number of rotatable bonds is 5. The molecule has 2 aromatic carbocycles. The van der Waals surface area contributed by atoms with E-state index in [2.05, 4.69) is 51.1 Å². The maximum Gasteiger partial charge on any atom is 0.269 e. The molecular formula is C31H29N7O2S. The van der Waals surface area contributed by atoms with Crippen LogP contribution in [0.2, 0.25) is 0 Å². The van der Waals surface area contributed by atoms with Crippen LogP contribution in [0.15, 0.2) is 96.5 Å². The van der Waals surface area contributed by atoms with Crippen LogP contribution in [-0.2, 0) is 10.0 Å². The van der Waals surface area contributed by atoms with Crippen molar-refractivity contribution in [2.75, 3.05) is 38.1 Å². The largest absolute Gasteiger partial charge is 0.369 e. The molecule has 0 amide bonds. The number of likely N-dealkylation sites (N-methyl/N-ethyl adjacent to an activating group) is 1. The van der Waals surface area contributed by atoms with Crippen molar-refractivity contribution in [3.05, 3.63) is 97.2 Å². The first kappa shape index (κ1) is 25.4. The molecule has 5 heterocycles. The highest BCUT2D eigenvalue weighted by Gasteiger charge is 2.24. The third-order valence-electron chi connectivity index (χ3n) is 7.77. The molecular weight excluding hydrogens is 534 g/mol. The number of hydrogen-bond donors (Lipinski definition) is 0. The molecule has 1 fully saturated rings. The lowest BCUT2D eigenvalue weighted by Crippen LogP contribution is -2.44. The highest BCUT2D eigenvalue weighted by atomic mass is 32.2. The van der Waals surface area contributed by atoms with Crippen molar-refractivity contribution in [2.24, 2.45) is 0 Å². The number of fused-ring (bicyclic) bond motifs is 2. The summed E-state index contributed by atoms with van der Waals surface area (Å²) in [7, 11) is -1.77. The number of aromatic nitrogens is 5. The van der Waals surface area contributed by atoms with Gasteiger partial charge in [-0.1, -0.05) is 29.8 Å². The van der Waals surface area contributed by atoms with Gasteiger partial charge in [-0.25, -0.2) is 27.3 Å². The maximum atomic E-state index is 13.8. The van der Waals surface area contributed by atoms with E-state index < -0.39 is 10.0 Å². The summed E-state index contributed by atoms with van der Waals surface area (Å²) in [5, 5.41) is 0. The van der Waals surface area contributed by atoms with Gasteiger partial charge in [-0.3, -0.25) is 0 Å². The number of nitrogens with zero attached hydrogens (tertiary/aromatic N) is 7. The summed E-state index contributed by atoms with van der Waals surface area (Å²) >= 11 is 0. The molecule has 1 saturated heterocycles. The van der Waals surface area contributed by atoms with Crippen molar-refractivity contribution in [1.82, 2.24) is 28.2 Å². The van der Waals surface area contributed by atoms with Crippen molar-refractivity contribution in [3.63, 3.8) is 0 Å². The van der Waals surface area contributed by atoms with Gasteiger partial charge in [-0.15, -0.1) is 0 Å². The van der Waals surface area contributed by atoms with Crippen LogP contribution in [-0.4, -0.2) is 69.9 Å². The van der Waals surface area contributed by atoms with Crippen molar-refractivity contribution in [1.29, 1.82) is 0 Å². The third-order valence-corrected chi connectivity index (χ3v) is 9.44. The normalized spacial score (nSPS) is 14.7. The summed E-state index contributed by atoms with van der Waals surface area (Å²) in [5.74, 6) is 0. The second-order valence-electron chi connectivity index (χ2n) is 10.5. The zero-order chi connectivity index (χ0) is 28.1. The SMILES string of the molecule is Cc1ccc(S(=O)(=O)n2cc(-c3ccc4nccn4c3)c3nc(-c4ccc(N5CCN(C)CC5)cc4)cnc32)cc1. The topological polar surface area (TPSA) is 88.6 Å². The number of anilines is 1. The molecule has 206 valence electrons. The molecule has 0 saturated carbocycles. The smallest absolute Gasteiger partial charge is 0.269 e. The highest BCUT2D eigenvalue weighted by Crippen LogP contribution is 2.33. The van der Waals surface area contributed by atoms with Gasteiger partial charge >= 0.3 is 0 Å². The Morgan fingerprint density at radius 3 is 2.29 bits per heavy atom. The minimum atomic E-state index is -3.91. The van der Waals surface area contributed by atoms with Crippen molar-refractivity contribution >= 4 is 32.5 Å². The molecule has 7 rings (SSSR count). The van der Waals surface area contributed by atoms with E-state index in [0.717, 1.165) is 48.5 Å². The fourth-order valence-electron chi connectivity index (χ4n) is 5.31. The van der Waals surface area contributed by atoms with Crippen molar-refractivity contribution in [2.45, 2.75) is 11.8 Å². The van der Waals surface area contributed by atoms with Crippen LogP contribution >= 0.6 is 0 Å². The Kier molecular flexibility index (Phi) is 6.09. The van der Waals surface area contributed by atoms with Gasteiger partial charge in [0.2, 0.25) is 0 Å². The molecule has 10 heteroatoms. The number of imidazole rings is 1. The van der Waals surface area contributed by atoms with Crippen LogP contribution in [0.1, 0.15) is 5.56 Å². The van der Waals surface area contributed by atoms with E-state index in [1.807, 2.05) is 35.9 Å². The molecule has 1 aliphatic heterocycles. The molecule has 0 N–H and O–H groups in total. The van der Waals surface area contributed by atoms with Gasteiger partial charge in [0.15, 0.2) is 5.65 Å². The van der Waals surface area contributed by atoms with Crippen LogP contribution in [0, 0.1) is 6.92 Å². The maximum absolute atomic E-state index is 13.8. The lowest BCUT2D eigenvalue weighted by Gasteiger charge is -2.34. The lowest BCUT2D eigenvalue weighted by molar-refractivity contribution is 0.313. The van der Waals surface area contributed by atoms with Crippen LogP contribution in [0.3, 0.4) is 0 Å². The summed E-state index contributed by atoms with van der Waals surface area (Å²) < 4.78 is 30.8. The Labute approximate surface area is 238 Å². The second kappa shape index (κ2) is 9.83. The van der Waals surface area contributed by atoms with E-state index in [4.69, 9.17) is 4.98 Å². The van der Waals surface area contributed by atoms with Gasteiger partial charge in [0.25, 0.3) is 10.0 Å². The number of aryl methyl sites for hydroxylation is 1. The van der Waals surface area contributed by atoms with Crippen LogP contribution in [0.25, 0.3) is 39.2 Å². The molecule has 0 unspecified atom stereocenters. The van der Waals surface area contributed by atoms with E-state index in [9.17, 15) is 8.42 Å². The fraction of sp³-hybridized carbons (Fsp3) is 0.194. The van der Waals surface area contributed by atoms with Gasteiger partial charge < -0.3 is 14.2 Å². The summed E-state index contributed by atoms with van der Waals surface area (Å²) in [6.45, 7) is 6.00. The Hall–Kier alpha value is -4.54. The molecule has 0 atom stereocenters. The Balaban J connectivity index is 1.35. The molecule has 0 radical (unpaired) electrons. The molecule has 6 aromatic rings. The predicted molar refractivity (Wildman–Crippen MR) is 161 cm³/mol. The zero-order valence-electron chi connectivity index (χ0n) is 22.8. The van der Waals surface area contributed by atoms with E-state index in [-0.39, 0.29) is 10.5 Å². The summed E-state index contributed by atoms with van der Waals surface area (Å²) in [4.78, 5) is 18.9. The van der Waals surface area contributed by atoms with Gasteiger partial charge in [0, 0.05) is 73.3 Å². The van der Waals surface area contributed by atoms with Crippen LogP contribution < -0.4 is 4.90 Å². The molecule has 0 aliphatic carbocycles. The van der Waals surface area contributed by atoms with E-state index >= 15 is 0 Å². The van der Waals surface area contributed by atoms with Gasteiger partial charge in [-0.05, 0) is 50.4 Å². The fourth-order valence-corrected chi connectivity index (χ4v) is 6.62. The van der Waals surface area contributed by atoms with Gasteiger partial charge in [0.05, 0.1) is 16.8 Å². The first-order valence-corrected chi connectivity index (χ1v) is 15.0. The van der Waals surface area contributed by atoms with Gasteiger partial charge in [-0.2, -0.15) is 0 Å². The Morgan fingerprint density at radius 2 is 1.54 bits per heavy atom. The predicted octanol–water partition coefficient (Wildman–Crippen LogP) is 4.71. The number of piperazine rings is 1. The minimum Gasteiger partial charge on any atom is -0.369 e. The standard InChI is InChI=1S/C31H29N7O2S/c1-22-3-10-26(11-4-22)41(39,40)38-21-27(24-7-12-29-32-13-14-37(29)20-24)30-31(38)33-19-28(34-30)23-5-8-25(9-6-23)36-17-15-35(2)16-18-36/h3-14,19-21H,15-18H2,1-2H3. The molecule has 4 aromatic heterocycles. The monoisotopic (exact) mass is 563 g/mol.